The first-order valence-corrected chi connectivity index (χ1v) is 12.4. The summed E-state index contributed by atoms with van der Waals surface area (Å²) in [5.41, 5.74) is 10.6. The standard InChI is InChI=1S/C25H31N5O4S/c1-14-20(35-13-28-14)16-7-5-15(6-8-16)9-17-11-27-22(29-17)19-10-18(31)12-30(19)23(32)21(25(2,3)4)34-24(26)33/h5-8,11,13,18-19,21,31H,9-10,12H2,1-4H3,(H2,26,33)(H,27,29)/t18-,19+,21?/m1/s1. The minimum atomic E-state index is -1.07. The highest BCUT2D eigenvalue weighted by Gasteiger charge is 2.44. The average Bonchev–Trinajstić information content (AvgIpc) is 3.51. The van der Waals surface area contributed by atoms with Gasteiger partial charge in [-0.1, -0.05) is 45.0 Å². The second-order valence-electron chi connectivity index (χ2n) is 10.0. The summed E-state index contributed by atoms with van der Waals surface area (Å²) in [6, 6.07) is 7.89. The predicted molar refractivity (Wildman–Crippen MR) is 133 cm³/mol. The number of primary amides is 1. The van der Waals surface area contributed by atoms with Crippen LogP contribution >= 0.6 is 11.3 Å². The van der Waals surface area contributed by atoms with Gasteiger partial charge in [-0.25, -0.2) is 14.8 Å². The first-order valence-electron chi connectivity index (χ1n) is 11.5. The fourth-order valence-electron chi connectivity index (χ4n) is 4.39. The van der Waals surface area contributed by atoms with Gasteiger partial charge in [0.05, 0.1) is 28.2 Å². The van der Waals surface area contributed by atoms with Crippen LogP contribution in [0.1, 0.15) is 56.0 Å². The maximum absolute atomic E-state index is 13.3. The Bertz CT molecular complexity index is 1200. The second-order valence-corrected chi connectivity index (χ2v) is 10.9. The van der Waals surface area contributed by atoms with Crippen molar-refractivity contribution in [2.24, 2.45) is 11.1 Å². The molecule has 2 amide bonds. The lowest BCUT2D eigenvalue weighted by Gasteiger charge is -2.33. The fraction of sp³-hybridized carbons (Fsp3) is 0.440. The molecule has 0 radical (unpaired) electrons. The van der Waals surface area contributed by atoms with Crippen molar-refractivity contribution in [2.75, 3.05) is 6.54 Å². The molecule has 1 aliphatic rings. The number of H-pyrrole nitrogens is 1. The number of thiazole rings is 1. The van der Waals surface area contributed by atoms with E-state index in [2.05, 4.69) is 39.2 Å². The van der Waals surface area contributed by atoms with E-state index < -0.39 is 35.7 Å². The number of aliphatic hydroxyl groups is 1. The third kappa shape index (κ3) is 5.54. The summed E-state index contributed by atoms with van der Waals surface area (Å²) in [4.78, 5) is 39.6. The third-order valence-electron chi connectivity index (χ3n) is 6.13. The molecule has 1 aliphatic heterocycles. The van der Waals surface area contributed by atoms with E-state index in [0.29, 0.717) is 18.7 Å². The van der Waals surface area contributed by atoms with Gasteiger partial charge < -0.3 is 25.5 Å². The number of aromatic amines is 1. The summed E-state index contributed by atoms with van der Waals surface area (Å²) in [7, 11) is 0. The van der Waals surface area contributed by atoms with Gasteiger partial charge in [0.25, 0.3) is 5.91 Å². The van der Waals surface area contributed by atoms with Crippen LogP contribution in [0, 0.1) is 12.3 Å². The molecule has 0 saturated carbocycles. The Labute approximate surface area is 208 Å². The van der Waals surface area contributed by atoms with E-state index in [1.54, 1.807) is 38.3 Å². The maximum Gasteiger partial charge on any atom is 0.405 e. The van der Waals surface area contributed by atoms with Crippen molar-refractivity contribution in [1.29, 1.82) is 0 Å². The monoisotopic (exact) mass is 497 g/mol. The van der Waals surface area contributed by atoms with Crippen LogP contribution in [0.5, 0.6) is 0 Å². The van der Waals surface area contributed by atoms with Gasteiger partial charge in [0.2, 0.25) is 0 Å². The number of nitrogens with two attached hydrogens (primary N) is 1. The molecule has 1 saturated heterocycles. The third-order valence-corrected chi connectivity index (χ3v) is 7.10. The first kappa shape index (κ1) is 24.9. The maximum atomic E-state index is 13.3. The lowest BCUT2D eigenvalue weighted by Crippen LogP contribution is -2.48. The van der Waals surface area contributed by atoms with Crippen LogP contribution < -0.4 is 5.73 Å². The van der Waals surface area contributed by atoms with Gasteiger partial charge in [0.15, 0.2) is 6.10 Å². The summed E-state index contributed by atoms with van der Waals surface area (Å²) < 4.78 is 5.17. The van der Waals surface area contributed by atoms with Crippen molar-refractivity contribution in [3.63, 3.8) is 0 Å². The molecule has 1 unspecified atom stereocenters. The van der Waals surface area contributed by atoms with Gasteiger partial charge >= 0.3 is 6.09 Å². The lowest BCUT2D eigenvalue weighted by atomic mass is 9.88. The van der Waals surface area contributed by atoms with E-state index in [0.717, 1.165) is 22.5 Å². The normalized spacial score (nSPS) is 19.1. The van der Waals surface area contributed by atoms with Crippen LogP contribution in [0.15, 0.2) is 36.0 Å². The number of aliphatic hydroxyl groups excluding tert-OH is 1. The van der Waals surface area contributed by atoms with E-state index >= 15 is 0 Å². The van der Waals surface area contributed by atoms with Crippen molar-refractivity contribution < 1.29 is 19.4 Å². The Kier molecular flexibility index (Phi) is 6.95. The highest BCUT2D eigenvalue weighted by molar-refractivity contribution is 7.13. The molecule has 3 heterocycles. The minimum Gasteiger partial charge on any atom is -0.436 e. The minimum absolute atomic E-state index is 0.132. The molecular formula is C25H31N5O4S. The Balaban J connectivity index is 1.50. The van der Waals surface area contributed by atoms with Crippen LogP contribution in [0.4, 0.5) is 4.79 Å². The smallest absolute Gasteiger partial charge is 0.405 e. The van der Waals surface area contributed by atoms with E-state index in [1.165, 1.54) is 9.78 Å². The summed E-state index contributed by atoms with van der Waals surface area (Å²) in [5.74, 6) is 0.193. The number of likely N-dealkylation sites (tertiary alicyclic amines) is 1. The van der Waals surface area contributed by atoms with Gasteiger partial charge in [0, 0.05) is 36.7 Å². The second kappa shape index (κ2) is 9.79. The molecule has 10 heteroatoms. The molecule has 186 valence electrons. The molecule has 1 fully saturated rings. The van der Waals surface area contributed by atoms with Gasteiger partial charge in [-0.3, -0.25) is 4.79 Å². The Morgan fingerprint density at radius 1 is 1.29 bits per heavy atom. The van der Waals surface area contributed by atoms with Gasteiger partial charge in [-0.05, 0) is 18.1 Å². The molecule has 1 aromatic carbocycles. The van der Waals surface area contributed by atoms with E-state index in [-0.39, 0.29) is 6.54 Å². The number of rotatable bonds is 6. The van der Waals surface area contributed by atoms with E-state index in [1.807, 2.05) is 12.4 Å². The van der Waals surface area contributed by atoms with Crippen LogP contribution in [-0.2, 0) is 16.0 Å². The quantitative estimate of drug-likeness (QED) is 0.477. The average molecular weight is 498 g/mol. The van der Waals surface area contributed by atoms with Crippen molar-refractivity contribution >= 4 is 23.3 Å². The number of hydrogen-bond acceptors (Lipinski definition) is 7. The number of benzene rings is 1. The van der Waals surface area contributed by atoms with E-state index in [4.69, 9.17) is 10.5 Å². The number of aryl methyl sites for hydroxylation is 1. The van der Waals surface area contributed by atoms with Crippen LogP contribution in [0.3, 0.4) is 0 Å². The molecule has 0 spiro atoms. The zero-order chi connectivity index (χ0) is 25.3. The number of ether oxygens (including phenoxy) is 1. The zero-order valence-corrected chi connectivity index (χ0v) is 21.1. The number of aromatic nitrogens is 3. The largest absolute Gasteiger partial charge is 0.436 e. The van der Waals surface area contributed by atoms with Crippen LogP contribution in [-0.4, -0.2) is 55.7 Å². The van der Waals surface area contributed by atoms with Gasteiger partial charge in [0.1, 0.15) is 5.82 Å². The SMILES string of the molecule is Cc1ncsc1-c1ccc(Cc2cnc([C@@H]3C[C@@H](O)CN3C(=O)C(OC(N)=O)C(C)(C)C)[nH]2)cc1. The predicted octanol–water partition coefficient (Wildman–Crippen LogP) is 3.58. The number of carbonyl (C=O) groups is 2. The molecule has 4 N–H and O–H groups in total. The summed E-state index contributed by atoms with van der Waals surface area (Å²) >= 11 is 1.62. The molecular weight excluding hydrogens is 466 g/mol. The number of carbonyl (C=O) groups excluding carboxylic acids is 2. The highest BCUT2D eigenvalue weighted by atomic mass is 32.1. The summed E-state index contributed by atoms with van der Waals surface area (Å²) in [5, 5.41) is 10.3. The molecule has 3 aromatic rings. The Hall–Kier alpha value is -3.24. The Morgan fingerprint density at radius 3 is 2.60 bits per heavy atom. The first-order chi connectivity index (χ1) is 16.5. The Morgan fingerprint density at radius 2 is 2.00 bits per heavy atom. The highest BCUT2D eigenvalue weighted by Crippen LogP contribution is 2.34. The van der Waals surface area contributed by atoms with Crippen molar-refractivity contribution in [1.82, 2.24) is 19.9 Å². The van der Waals surface area contributed by atoms with Gasteiger partial charge in [-0.15, -0.1) is 11.3 Å². The lowest BCUT2D eigenvalue weighted by molar-refractivity contribution is -0.147. The number of β-amino-alcohol motifs (C(OH)–C–C–N with tert-alkyl or cyclic N) is 1. The van der Waals surface area contributed by atoms with Crippen molar-refractivity contribution in [3.8, 4) is 10.4 Å². The van der Waals surface area contributed by atoms with E-state index in [9.17, 15) is 14.7 Å². The number of hydrogen-bond donors (Lipinski definition) is 3. The number of amides is 2. The topological polar surface area (TPSA) is 134 Å². The van der Waals surface area contributed by atoms with Crippen molar-refractivity contribution in [3.05, 3.63) is 58.7 Å². The summed E-state index contributed by atoms with van der Waals surface area (Å²) in [6.07, 6.45) is -0.0306. The molecule has 3 atom stereocenters. The molecule has 0 aliphatic carbocycles. The molecule has 2 aromatic heterocycles. The molecule has 4 rings (SSSR count). The van der Waals surface area contributed by atoms with Gasteiger partial charge in [-0.2, -0.15) is 0 Å². The zero-order valence-electron chi connectivity index (χ0n) is 20.3. The van der Waals surface area contributed by atoms with Crippen LogP contribution in [0.25, 0.3) is 10.4 Å². The van der Waals surface area contributed by atoms with Crippen LogP contribution in [0.2, 0.25) is 0 Å². The fourth-order valence-corrected chi connectivity index (χ4v) is 5.20. The molecule has 9 nitrogen and oxygen atoms in total. The molecule has 35 heavy (non-hydrogen) atoms. The number of nitrogens with one attached hydrogen (secondary N) is 1. The van der Waals surface area contributed by atoms with Crippen molar-refractivity contribution in [2.45, 2.75) is 58.8 Å². The summed E-state index contributed by atoms with van der Waals surface area (Å²) in [6.45, 7) is 7.53. The number of imidazole rings is 1. The molecule has 0 bridgehead atoms. The number of nitrogens with zero attached hydrogens (tertiary/aromatic N) is 3.